The third-order valence-electron chi connectivity index (χ3n) is 1.40. The molecule has 1 heterocycles. The van der Waals surface area contributed by atoms with Crippen LogP contribution in [-0.2, 0) is 12.3 Å². The molecule has 0 saturated carbocycles. The molecule has 0 aliphatic heterocycles. The largest absolute Gasteiger partial charge is 0.261 e. The predicted molar refractivity (Wildman–Crippen MR) is 51.1 cm³/mol. The molecule has 0 amide bonds. The molecule has 2 unspecified atom stereocenters. The van der Waals surface area contributed by atoms with E-state index in [0.717, 1.165) is 12.3 Å². The lowest BCUT2D eigenvalue weighted by Gasteiger charge is -2.00. The molecule has 0 bridgehead atoms. The number of hydrogen-bond donors (Lipinski definition) is 0. The molecule has 3 heteroatoms. The van der Waals surface area contributed by atoms with Gasteiger partial charge < -0.3 is 0 Å². The fraction of sp³-hybridized carbons (Fsp3) is 0.286. The highest BCUT2D eigenvalue weighted by Gasteiger charge is 1.95. The summed E-state index contributed by atoms with van der Waals surface area (Å²) in [5.74, 6) is 0. The van der Waals surface area contributed by atoms with E-state index in [9.17, 15) is 0 Å². The van der Waals surface area contributed by atoms with Crippen molar-refractivity contribution >= 4 is 18.5 Å². The first-order valence-electron chi connectivity index (χ1n) is 3.21. The van der Waals surface area contributed by atoms with Gasteiger partial charge in [0.15, 0.2) is 0 Å². The van der Waals surface area contributed by atoms with E-state index in [2.05, 4.69) is 29.5 Å². The molecule has 0 aliphatic carbocycles. The second-order valence-electron chi connectivity index (χ2n) is 2.02. The Kier molecular flexibility index (Phi) is 3.25. The van der Waals surface area contributed by atoms with E-state index in [1.165, 1.54) is 11.3 Å². The van der Waals surface area contributed by atoms with Gasteiger partial charge >= 0.3 is 0 Å². The van der Waals surface area contributed by atoms with Crippen molar-refractivity contribution < 1.29 is 0 Å². The van der Waals surface area contributed by atoms with Gasteiger partial charge in [-0.1, -0.05) is 6.07 Å². The molecule has 2 atom stereocenters. The lowest BCUT2D eigenvalue weighted by molar-refractivity contribution is 1.12. The van der Waals surface area contributed by atoms with Crippen LogP contribution in [0, 0.1) is 0 Å². The van der Waals surface area contributed by atoms with Crippen molar-refractivity contribution in [3.8, 4) is 0 Å². The lowest BCUT2D eigenvalue weighted by Crippen LogP contribution is -1.90. The molecule has 0 fully saturated rings. The first-order chi connectivity index (χ1) is 4.88. The maximum atomic E-state index is 4.23. The summed E-state index contributed by atoms with van der Waals surface area (Å²) in [6.45, 7) is 0. The van der Waals surface area contributed by atoms with Gasteiger partial charge in [0.1, 0.15) is 0 Å². The van der Waals surface area contributed by atoms with Gasteiger partial charge in [-0.15, -0.1) is 18.5 Å². The molecule has 1 rings (SSSR count). The maximum Gasteiger partial charge on any atom is 0.0476 e. The van der Waals surface area contributed by atoms with Crippen LogP contribution in [0.3, 0.4) is 0 Å². The van der Waals surface area contributed by atoms with Crippen LogP contribution >= 0.6 is 18.5 Å². The van der Waals surface area contributed by atoms with Gasteiger partial charge in [-0.25, -0.2) is 0 Å². The molecule has 1 nitrogen and oxygen atoms in total. The third kappa shape index (κ3) is 1.75. The molecule has 0 aliphatic rings. The lowest BCUT2D eigenvalue weighted by atomic mass is 10.2. The summed E-state index contributed by atoms with van der Waals surface area (Å²) in [5.41, 5.74) is 2.50. The van der Waals surface area contributed by atoms with Crippen LogP contribution in [0.2, 0.25) is 0 Å². The van der Waals surface area contributed by atoms with Crippen LogP contribution < -0.4 is 0 Å². The van der Waals surface area contributed by atoms with Gasteiger partial charge in [0.25, 0.3) is 0 Å². The Bertz CT molecular complexity index is 190. The monoisotopic (exact) mass is 171 g/mol. The number of nitrogens with zero attached hydrogens (tertiary/aromatic N) is 1. The van der Waals surface area contributed by atoms with Gasteiger partial charge in [-0.2, -0.15) is 0 Å². The number of aromatic nitrogens is 1. The molecular formula is C7H11NP2. The van der Waals surface area contributed by atoms with E-state index in [4.69, 9.17) is 0 Å². The normalized spacial score (nSPS) is 9.80. The Morgan fingerprint density at radius 2 is 2.10 bits per heavy atom. The van der Waals surface area contributed by atoms with Crippen LogP contribution in [0.4, 0.5) is 0 Å². The number of pyridine rings is 1. The second kappa shape index (κ2) is 4.01. The van der Waals surface area contributed by atoms with E-state index in [-0.39, 0.29) is 0 Å². The summed E-state index contributed by atoms with van der Waals surface area (Å²) in [7, 11) is 5.39. The molecule has 0 radical (unpaired) electrons. The zero-order chi connectivity index (χ0) is 7.40. The molecule has 10 heavy (non-hydrogen) atoms. The van der Waals surface area contributed by atoms with E-state index in [1.807, 2.05) is 12.3 Å². The smallest absolute Gasteiger partial charge is 0.0476 e. The Labute approximate surface area is 66.0 Å². The second-order valence-corrected chi connectivity index (χ2v) is 2.83. The average molecular weight is 171 g/mol. The van der Waals surface area contributed by atoms with E-state index in [1.54, 1.807) is 0 Å². The van der Waals surface area contributed by atoms with Gasteiger partial charge in [0, 0.05) is 18.1 Å². The van der Waals surface area contributed by atoms with E-state index >= 15 is 0 Å². The maximum absolute atomic E-state index is 4.23. The summed E-state index contributed by atoms with van der Waals surface area (Å²) < 4.78 is 0. The molecule has 1 aromatic heterocycles. The van der Waals surface area contributed by atoms with Crippen molar-refractivity contribution in [2.75, 3.05) is 0 Å². The van der Waals surface area contributed by atoms with Crippen molar-refractivity contribution in [2.24, 2.45) is 0 Å². The van der Waals surface area contributed by atoms with Crippen molar-refractivity contribution in [1.29, 1.82) is 0 Å². The van der Waals surface area contributed by atoms with Crippen LogP contribution in [0.15, 0.2) is 18.3 Å². The molecule has 0 spiro atoms. The van der Waals surface area contributed by atoms with Gasteiger partial charge in [-0.3, -0.25) is 4.98 Å². The Hall–Kier alpha value is 0.01000. The predicted octanol–water partition coefficient (Wildman–Crippen LogP) is 1.83. The number of hydrogen-bond acceptors (Lipinski definition) is 1. The summed E-state index contributed by atoms with van der Waals surface area (Å²) in [4.78, 5) is 4.23. The van der Waals surface area contributed by atoms with Gasteiger partial charge in [-0.05, 0) is 17.8 Å². The molecule has 0 N–H and O–H groups in total. The summed E-state index contributed by atoms with van der Waals surface area (Å²) >= 11 is 0. The Balaban J connectivity index is 2.96. The van der Waals surface area contributed by atoms with Gasteiger partial charge in [0.05, 0.1) is 0 Å². The highest BCUT2D eigenvalue weighted by molar-refractivity contribution is 7.16. The highest BCUT2D eigenvalue weighted by Crippen LogP contribution is 2.12. The van der Waals surface area contributed by atoms with Crippen molar-refractivity contribution in [1.82, 2.24) is 4.98 Å². The Morgan fingerprint density at radius 1 is 1.30 bits per heavy atom. The van der Waals surface area contributed by atoms with Crippen LogP contribution in [0.5, 0.6) is 0 Å². The van der Waals surface area contributed by atoms with Crippen molar-refractivity contribution in [3.63, 3.8) is 0 Å². The first kappa shape index (κ1) is 8.11. The van der Waals surface area contributed by atoms with Gasteiger partial charge in [0.2, 0.25) is 0 Å². The topological polar surface area (TPSA) is 12.9 Å². The zero-order valence-corrected chi connectivity index (χ0v) is 8.06. The molecule has 0 saturated heterocycles. The average Bonchev–Trinajstić information content (AvgIpc) is 2.04. The molecular weight excluding hydrogens is 160 g/mol. The third-order valence-corrected chi connectivity index (χ3v) is 2.22. The minimum absolute atomic E-state index is 0.949. The SMILES string of the molecule is PCc1cccnc1CP. The summed E-state index contributed by atoms with van der Waals surface area (Å²) in [5, 5.41) is 0. The minimum atomic E-state index is 0.949. The fourth-order valence-electron chi connectivity index (χ4n) is 0.841. The highest BCUT2D eigenvalue weighted by atomic mass is 31.0. The zero-order valence-electron chi connectivity index (χ0n) is 5.75. The van der Waals surface area contributed by atoms with E-state index in [0.29, 0.717) is 0 Å². The molecule has 54 valence electrons. The first-order valence-corrected chi connectivity index (χ1v) is 4.84. The summed E-state index contributed by atoms with van der Waals surface area (Å²) in [6, 6.07) is 4.09. The standard InChI is InChI=1S/C7H11NP2/c9-4-6-2-1-3-8-7(6)5-10/h1-3H,4-5,9-10H2. The summed E-state index contributed by atoms with van der Waals surface area (Å²) in [6.07, 6.45) is 3.78. The van der Waals surface area contributed by atoms with Crippen molar-refractivity contribution in [2.45, 2.75) is 12.3 Å². The van der Waals surface area contributed by atoms with Crippen molar-refractivity contribution in [3.05, 3.63) is 29.6 Å². The van der Waals surface area contributed by atoms with Crippen LogP contribution in [0.25, 0.3) is 0 Å². The van der Waals surface area contributed by atoms with Crippen LogP contribution in [0.1, 0.15) is 11.3 Å². The van der Waals surface area contributed by atoms with E-state index < -0.39 is 0 Å². The molecule has 0 aromatic carbocycles. The molecule has 1 aromatic rings. The van der Waals surface area contributed by atoms with Crippen LogP contribution in [-0.4, -0.2) is 4.98 Å². The Morgan fingerprint density at radius 3 is 2.60 bits per heavy atom. The quantitative estimate of drug-likeness (QED) is 0.618. The fourth-order valence-corrected chi connectivity index (χ4v) is 1.58. The minimum Gasteiger partial charge on any atom is -0.261 e. The number of rotatable bonds is 2.